The molecule has 6 aromatic carbocycles. The predicted molar refractivity (Wildman–Crippen MR) is 197 cm³/mol. The van der Waals surface area contributed by atoms with Gasteiger partial charge >= 0.3 is 5.97 Å². The summed E-state index contributed by atoms with van der Waals surface area (Å²) in [5, 5.41) is 0. The molecule has 0 bridgehead atoms. The van der Waals surface area contributed by atoms with Gasteiger partial charge in [0.2, 0.25) is 0 Å². The number of fused-ring (bicyclic) bond motifs is 2. The maximum Gasteiger partial charge on any atom is 0.339 e. The Morgan fingerprint density at radius 1 is 0.694 bits per heavy atom. The molecular formula is C43H38N2O4. The number of aryl methyl sites for hydroxylation is 2. The van der Waals surface area contributed by atoms with Gasteiger partial charge in [-0.05, 0) is 73.0 Å². The van der Waals surface area contributed by atoms with E-state index in [9.17, 15) is 4.79 Å². The average Bonchev–Trinajstić information content (AvgIpc) is 3.16. The molecule has 0 spiro atoms. The van der Waals surface area contributed by atoms with Crippen molar-refractivity contribution < 1.29 is 19.0 Å². The Morgan fingerprint density at radius 3 is 1.78 bits per heavy atom. The van der Waals surface area contributed by atoms with Crippen LogP contribution in [0.5, 0.6) is 17.2 Å². The van der Waals surface area contributed by atoms with Gasteiger partial charge in [-0.3, -0.25) is 0 Å². The van der Waals surface area contributed by atoms with Gasteiger partial charge in [-0.2, -0.15) is 0 Å². The lowest BCUT2D eigenvalue weighted by atomic mass is 9.89. The topological polar surface area (TPSA) is 51.2 Å². The van der Waals surface area contributed by atoms with E-state index < -0.39 is 12.0 Å². The molecule has 1 aliphatic rings. The maximum atomic E-state index is 13.6. The first kappa shape index (κ1) is 31.6. The van der Waals surface area contributed by atoms with Gasteiger partial charge < -0.3 is 24.0 Å². The molecule has 0 radical (unpaired) electrons. The molecule has 7 rings (SSSR count). The van der Waals surface area contributed by atoms with E-state index in [1.54, 1.807) is 7.11 Å². The van der Waals surface area contributed by atoms with Crippen LogP contribution in [0.2, 0.25) is 0 Å². The Morgan fingerprint density at radius 2 is 1.22 bits per heavy atom. The zero-order chi connectivity index (χ0) is 33.9. The van der Waals surface area contributed by atoms with Crippen LogP contribution in [-0.2, 0) is 11.2 Å². The number of esters is 1. The van der Waals surface area contributed by atoms with Crippen LogP contribution in [0.25, 0.3) is 0 Å². The summed E-state index contributed by atoms with van der Waals surface area (Å²) in [6.07, 6.45) is 0.716. The van der Waals surface area contributed by atoms with Crippen LogP contribution in [0.15, 0.2) is 140 Å². The second-order valence-electron chi connectivity index (χ2n) is 11.9. The standard InChI is InChI=1S/C43H38N2O4/c1-5-30-28-29(2)42(47-3)41(44(31-18-8-6-9-19-31)32-20-10-7-11-21-32)39(30)45(36-25-15-12-22-33(36)43(46)48-4)40-34-23-13-16-26-37(34)49-38-27-17-14-24-35(38)40/h6-28,40H,5H2,1-4H3. The minimum atomic E-state index is -0.420. The normalized spacial score (nSPS) is 11.9. The molecule has 0 aromatic heterocycles. The lowest BCUT2D eigenvalue weighted by molar-refractivity contribution is 0.0601. The average molecular weight is 647 g/mol. The van der Waals surface area contributed by atoms with Crippen LogP contribution in [0, 0.1) is 6.92 Å². The Hall–Kier alpha value is -6.01. The lowest BCUT2D eigenvalue weighted by Gasteiger charge is -2.42. The van der Waals surface area contributed by atoms with Crippen molar-refractivity contribution in [3.05, 3.63) is 167 Å². The van der Waals surface area contributed by atoms with Gasteiger partial charge in [0.05, 0.1) is 37.2 Å². The fourth-order valence-corrected chi connectivity index (χ4v) is 6.92. The minimum Gasteiger partial charge on any atom is -0.494 e. The molecule has 1 heterocycles. The van der Waals surface area contributed by atoms with Crippen LogP contribution < -0.4 is 19.3 Å². The van der Waals surface area contributed by atoms with Gasteiger partial charge in [-0.25, -0.2) is 4.79 Å². The highest BCUT2D eigenvalue weighted by atomic mass is 16.5. The lowest BCUT2D eigenvalue weighted by Crippen LogP contribution is -2.31. The van der Waals surface area contributed by atoms with E-state index in [0.29, 0.717) is 17.7 Å². The quantitative estimate of drug-likeness (QED) is 0.146. The monoisotopic (exact) mass is 646 g/mol. The number of nitrogens with zero attached hydrogens (tertiary/aromatic N) is 2. The number of methoxy groups -OCH3 is 2. The van der Waals surface area contributed by atoms with Gasteiger partial charge in [0, 0.05) is 22.5 Å². The van der Waals surface area contributed by atoms with E-state index in [-0.39, 0.29) is 0 Å². The van der Waals surface area contributed by atoms with Crippen molar-refractivity contribution in [1.29, 1.82) is 0 Å². The number of benzene rings is 6. The van der Waals surface area contributed by atoms with Gasteiger partial charge in [0.25, 0.3) is 0 Å². The molecule has 0 atom stereocenters. The number of carbonyl (C=O) groups is 1. The third kappa shape index (κ3) is 5.65. The number of anilines is 5. The van der Waals surface area contributed by atoms with Crippen molar-refractivity contribution in [1.82, 2.24) is 0 Å². The van der Waals surface area contributed by atoms with Crippen LogP contribution in [0.4, 0.5) is 28.4 Å². The van der Waals surface area contributed by atoms with Gasteiger partial charge in [0.15, 0.2) is 0 Å². The first-order valence-corrected chi connectivity index (χ1v) is 16.5. The molecule has 0 saturated carbocycles. The van der Waals surface area contributed by atoms with Crippen molar-refractivity contribution in [2.24, 2.45) is 0 Å². The van der Waals surface area contributed by atoms with Crippen LogP contribution >= 0.6 is 0 Å². The van der Waals surface area contributed by atoms with Crippen molar-refractivity contribution in [3.8, 4) is 17.2 Å². The van der Waals surface area contributed by atoms with Crippen molar-refractivity contribution in [3.63, 3.8) is 0 Å². The molecule has 0 amide bonds. The molecule has 6 aromatic rings. The Labute approximate surface area is 287 Å². The summed E-state index contributed by atoms with van der Waals surface area (Å²) in [6.45, 7) is 4.26. The molecule has 49 heavy (non-hydrogen) atoms. The molecule has 0 N–H and O–H groups in total. The molecule has 1 aliphatic heterocycles. The highest BCUT2D eigenvalue weighted by molar-refractivity contribution is 6.01. The van der Waals surface area contributed by atoms with Crippen molar-refractivity contribution >= 4 is 34.4 Å². The van der Waals surface area contributed by atoms with Crippen LogP contribution in [0.3, 0.4) is 0 Å². The predicted octanol–water partition coefficient (Wildman–Crippen LogP) is 10.9. The van der Waals surface area contributed by atoms with E-state index in [4.69, 9.17) is 14.2 Å². The first-order valence-electron chi connectivity index (χ1n) is 16.5. The van der Waals surface area contributed by atoms with E-state index in [1.165, 1.54) is 7.11 Å². The van der Waals surface area contributed by atoms with Crippen molar-refractivity contribution in [2.45, 2.75) is 26.3 Å². The fraction of sp³-hybridized carbons (Fsp3) is 0.140. The molecule has 0 unspecified atom stereocenters. The van der Waals surface area contributed by atoms with E-state index in [0.717, 1.165) is 62.3 Å². The zero-order valence-corrected chi connectivity index (χ0v) is 28.1. The molecule has 6 heteroatoms. The summed E-state index contributed by atoms with van der Waals surface area (Å²) in [4.78, 5) is 18.2. The highest BCUT2D eigenvalue weighted by Crippen LogP contribution is 2.57. The number of hydrogen-bond donors (Lipinski definition) is 0. The second-order valence-corrected chi connectivity index (χ2v) is 11.9. The van der Waals surface area contributed by atoms with Gasteiger partial charge in [-0.1, -0.05) is 97.9 Å². The van der Waals surface area contributed by atoms with Crippen LogP contribution in [0.1, 0.15) is 45.6 Å². The smallest absolute Gasteiger partial charge is 0.339 e. The maximum absolute atomic E-state index is 13.6. The molecule has 6 nitrogen and oxygen atoms in total. The minimum absolute atomic E-state index is 0.392. The summed E-state index contributed by atoms with van der Waals surface area (Å²) in [5.41, 5.74) is 8.89. The Bertz CT molecular complexity index is 2030. The summed E-state index contributed by atoms with van der Waals surface area (Å²) < 4.78 is 18.3. The molecule has 0 aliphatic carbocycles. The Balaban J connectivity index is 1.67. The fourth-order valence-electron chi connectivity index (χ4n) is 6.92. The number of ether oxygens (including phenoxy) is 3. The second kappa shape index (κ2) is 13.6. The number of para-hydroxylation sites is 5. The van der Waals surface area contributed by atoms with E-state index in [2.05, 4.69) is 66.1 Å². The Kier molecular flexibility index (Phi) is 8.77. The van der Waals surface area contributed by atoms with Gasteiger partial charge in [-0.15, -0.1) is 0 Å². The largest absolute Gasteiger partial charge is 0.494 e. The molecule has 0 fully saturated rings. The van der Waals surface area contributed by atoms with Gasteiger partial charge in [0.1, 0.15) is 22.9 Å². The summed E-state index contributed by atoms with van der Waals surface area (Å²) in [5.74, 6) is 1.83. The SMILES string of the molecule is CCc1cc(C)c(OC)c(N(c2ccccc2)c2ccccc2)c1N(c1ccccc1C(=O)OC)C1c2ccccc2Oc2ccccc21. The third-order valence-electron chi connectivity index (χ3n) is 9.04. The van der Waals surface area contributed by atoms with E-state index in [1.807, 2.05) is 97.1 Å². The summed E-state index contributed by atoms with van der Waals surface area (Å²) >= 11 is 0. The van der Waals surface area contributed by atoms with E-state index >= 15 is 0 Å². The summed E-state index contributed by atoms with van der Waals surface area (Å²) in [7, 11) is 3.15. The first-order chi connectivity index (χ1) is 24.0. The third-order valence-corrected chi connectivity index (χ3v) is 9.04. The van der Waals surface area contributed by atoms with Crippen LogP contribution in [-0.4, -0.2) is 20.2 Å². The molecule has 244 valence electrons. The summed E-state index contributed by atoms with van der Waals surface area (Å²) in [6, 6.07) is 46.4. The zero-order valence-electron chi connectivity index (χ0n) is 28.1. The van der Waals surface area contributed by atoms with Crippen molar-refractivity contribution in [2.75, 3.05) is 24.0 Å². The number of carbonyl (C=O) groups excluding carboxylic acids is 1. The molecular weight excluding hydrogens is 608 g/mol. The number of rotatable bonds is 9. The molecule has 0 saturated heterocycles. The number of hydrogen-bond acceptors (Lipinski definition) is 6. The highest BCUT2D eigenvalue weighted by Gasteiger charge is 2.39.